The van der Waals surface area contributed by atoms with Crippen molar-refractivity contribution in [1.29, 1.82) is 0 Å². The molecule has 0 aliphatic carbocycles. The Morgan fingerprint density at radius 2 is 2.16 bits per heavy atom. The van der Waals surface area contributed by atoms with E-state index in [1.807, 2.05) is 19.1 Å². The van der Waals surface area contributed by atoms with Gasteiger partial charge in [-0.1, -0.05) is 17.7 Å². The zero-order valence-corrected chi connectivity index (χ0v) is 11.7. The molecule has 1 amide bonds. The van der Waals surface area contributed by atoms with E-state index < -0.39 is 5.91 Å². The first-order valence-electron chi connectivity index (χ1n) is 5.90. The molecule has 0 saturated heterocycles. The van der Waals surface area contributed by atoms with E-state index in [2.05, 4.69) is 30.5 Å². The summed E-state index contributed by atoms with van der Waals surface area (Å²) in [6.07, 6.45) is 0. The highest BCUT2D eigenvalue weighted by molar-refractivity contribution is 7.98. The molecule has 0 aliphatic heterocycles. The monoisotopic (exact) mass is 276 g/mol. The zero-order valence-electron chi connectivity index (χ0n) is 10.9. The van der Waals surface area contributed by atoms with Crippen molar-refractivity contribution in [3.8, 4) is 0 Å². The minimum atomic E-state index is -0.399. The van der Waals surface area contributed by atoms with Crippen molar-refractivity contribution in [2.75, 3.05) is 0 Å². The molecule has 4 nitrogen and oxygen atoms in total. The predicted molar refractivity (Wildman–Crippen MR) is 75.8 cm³/mol. The van der Waals surface area contributed by atoms with Crippen LogP contribution in [0.5, 0.6) is 0 Å². The van der Waals surface area contributed by atoms with Gasteiger partial charge in [-0.15, -0.1) is 11.8 Å². The molecule has 0 fully saturated rings. The zero-order chi connectivity index (χ0) is 13.8. The lowest BCUT2D eigenvalue weighted by Gasteiger charge is -2.00. The van der Waals surface area contributed by atoms with Crippen molar-refractivity contribution in [2.24, 2.45) is 5.84 Å². The summed E-state index contributed by atoms with van der Waals surface area (Å²) in [4.78, 5) is 12.6. The number of carbonyl (C=O) groups excluding carboxylic acids is 1. The molecular formula is C14H16N2O2S. The Kier molecular flexibility index (Phi) is 4.29. The highest BCUT2D eigenvalue weighted by Gasteiger charge is 2.14. The SMILES string of the molecule is Cc1cccc(SCc2cc(C)c(C(=O)NN)o2)c1. The Labute approximate surface area is 116 Å². The van der Waals surface area contributed by atoms with Gasteiger partial charge in [0.15, 0.2) is 5.76 Å². The van der Waals surface area contributed by atoms with E-state index in [-0.39, 0.29) is 5.76 Å². The van der Waals surface area contributed by atoms with E-state index in [1.165, 1.54) is 10.5 Å². The highest BCUT2D eigenvalue weighted by atomic mass is 32.2. The molecule has 5 heteroatoms. The molecule has 100 valence electrons. The van der Waals surface area contributed by atoms with E-state index in [4.69, 9.17) is 10.3 Å². The number of aryl methyl sites for hydroxylation is 2. The van der Waals surface area contributed by atoms with Crippen LogP contribution in [-0.4, -0.2) is 5.91 Å². The minimum Gasteiger partial charge on any atom is -0.455 e. The molecule has 0 spiro atoms. The van der Waals surface area contributed by atoms with Crippen LogP contribution >= 0.6 is 11.8 Å². The van der Waals surface area contributed by atoms with E-state index >= 15 is 0 Å². The minimum absolute atomic E-state index is 0.280. The largest absolute Gasteiger partial charge is 0.455 e. The number of hydrogen-bond acceptors (Lipinski definition) is 4. The highest BCUT2D eigenvalue weighted by Crippen LogP contribution is 2.25. The van der Waals surface area contributed by atoms with E-state index in [1.54, 1.807) is 11.8 Å². The molecule has 1 aromatic heterocycles. The molecular weight excluding hydrogens is 260 g/mol. The van der Waals surface area contributed by atoms with Gasteiger partial charge in [0.25, 0.3) is 0 Å². The van der Waals surface area contributed by atoms with Crippen LogP contribution in [0.15, 0.2) is 39.6 Å². The summed E-state index contributed by atoms with van der Waals surface area (Å²) >= 11 is 1.67. The molecule has 1 heterocycles. The number of furan rings is 1. The summed E-state index contributed by atoms with van der Waals surface area (Å²) in [7, 11) is 0. The Bertz CT molecular complexity index is 593. The van der Waals surface area contributed by atoms with Gasteiger partial charge in [0.05, 0.1) is 5.75 Å². The Morgan fingerprint density at radius 1 is 1.37 bits per heavy atom. The van der Waals surface area contributed by atoms with Crippen molar-refractivity contribution >= 4 is 17.7 Å². The second-order valence-electron chi connectivity index (χ2n) is 4.30. The molecule has 2 aromatic rings. The van der Waals surface area contributed by atoms with Gasteiger partial charge in [0.1, 0.15) is 5.76 Å². The number of carbonyl (C=O) groups is 1. The van der Waals surface area contributed by atoms with E-state index in [9.17, 15) is 4.79 Å². The lowest BCUT2D eigenvalue weighted by molar-refractivity contribution is 0.0923. The maximum absolute atomic E-state index is 11.4. The number of nitrogen functional groups attached to an aromatic ring is 1. The average molecular weight is 276 g/mol. The molecule has 0 saturated carbocycles. The van der Waals surface area contributed by atoms with Crippen LogP contribution in [0.25, 0.3) is 0 Å². The molecule has 1 aromatic carbocycles. The van der Waals surface area contributed by atoms with Crippen molar-refractivity contribution in [3.05, 3.63) is 53.0 Å². The molecule has 0 radical (unpaired) electrons. The third-order valence-corrected chi connectivity index (χ3v) is 3.69. The number of rotatable bonds is 4. The Morgan fingerprint density at radius 3 is 2.84 bits per heavy atom. The lowest BCUT2D eigenvalue weighted by Crippen LogP contribution is -2.30. The molecule has 0 atom stereocenters. The van der Waals surface area contributed by atoms with Gasteiger partial charge in [0, 0.05) is 10.5 Å². The Balaban J connectivity index is 2.06. The molecule has 0 bridgehead atoms. The maximum atomic E-state index is 11.4. The molecule has 0 aliphatic rings. The topological polar surface area (TPSA) is 68.3 Å². The van der Waals surface area contributed by atoms with E-state index in [0.717, 1.165) is 11.3 Å². The molecule has 0 unspecified atom stereocenters. The summed E-state index contributed by atoms with van der Waals surface area (Å²) in [6, 6.07) is 10.1. The normalized spacial score (nSPS) is 10.5. The number of thioether (sulfide) groups is 1. The van der Waals surface area contributed by atoms with Crippen molar-refractivity contribution < 1.29 is 9.21 Å². The fraction of sp³-hybridized carbons (Fsp3) is 0.214. The quantitative estimate of drug-likeness (QED) is 0.390. The number of benzene rings is 1. The van der Waals surface area contributed by atoms with Gasteiger partial charge in [-0.05, 0) is 32.0 Å². The third-order valence-electron chi connectivity index (χ3n) is 2.68. The van der Waals surface area contributed by atoms with Crippen molar-refractivity contribution in [2.45, 2.75) is 24.5 Å². The lowest BCUT2D eigenvalue weighted by atomic mass is 10.2. The number of hydrazine groups is 1. The number of nitrogens with two attached hydrogens (primary N) is 1. The summed E-state index contributed by atoms with van der Waals surface area (Å²) in [6.45, 7) is 3.89. The average Bonchev–Trinajstić information content (AvgIpc) is 2.77. The van der Waals surface area contributed by atoms with Crippen LogP contribution in [0.1, 0.15) is 27.4 Å². The standard InChI is InChI=1S/C14H16N2O2S/c1-9-4-3-5-12(6-9)19-8-11-7-10(2)13(18-11)14(17)16-15/h3-7H,8,15H2,1-2H3,(H,16,17). The van der Waals surface area contributed by atoms with Crippen LogP contribution in [0.2, 0.25) is 0 Å². The summed E-state index contributed by atoms with van der Waals surface area (Å²) in [5, 5.41) is 0. The second-order valence-corrected chi connectivity index (χ2v) is 5.35. The molecule has 3 N–H and O–H groups in total. The fourth-order valence-corrected chi connectivity index (χ4v) is 2.66. The predicted octanol–water partition coefficient (Wildman–Crippen LogP) is 2.79. The fourth-order valence-electron chi connectivity index (χ4n) is 1.77. The van der Waals surface area contributed by atoms with Crippen LogP contribution in [0.4, 0.5) is 0 Å². The number of nitrogens with one attached hydrogen (secondary N) is 1. The summed E-state index contributed by atoms with van der Waals surface area (Å²) < 4.78 is 5.51. The van der Waals surface area contributed by atoms with Crippen LogP contribution in [-0.2, 0) is 5.75 Å². The van der Waals surface area contributed by atoms with Crippen LogP contribution in [0.3, 0.4) is 0 Å². The smallest absolute Gasteiger partial charge is 0.301 e. The van der Waals surface area contributed by atoms with Gasteiger partial charge >= 0.3 is 5.91 Å². The van der Waals surface area contributed by atoms with Crippen molar-refractivity contribution in [1.82, 2.24) is 5.43 Å². The third kappa shape index (κ3) is 3.39. The maximum Gasteiger partial charge on any atom is 0.301 e. The van der Waals surface area contributed by atoms with Crippen LogP contribution in [0, 0.1) is 13.8 Å². The number of amides is 1. The number of hydrogen-bond donors (Lipinski definition) is 2. The van der Waals surface area contributed by atoms with Crippen molar-refractivity contribution in [3.63, 3.8) is 0 Å². The van der Waals surface area contributed by atoms with Gasteiger partial charge in [-0.3, -0.25) is 10.2 Å². The van der Waals surface area contributed by atoms with Gasteiger partial charge in [-0.2, -0.15) is 0 Å². The molecule has 2 rings (SSSR count). The van der Waals surface area contributed by atoms with E-state index in [0.29, 0.717) is 5.75 Å². The summed E-state index contributed by atoms with van der Waals surface area (Å²) in [5.74, 6) is 6.43. The first-order valence-corrected chi connectivity index (χ1v) is 6.88. The first kappa shape index (κ1) is 13.7. The van der Waals surface area contributed by atoms with Gasteiger partial charge in [0.2, 0.25) is 0 Å². The Hall–Kier alpha value is -1.72. The second kappa shape index (κ2) is 5.95. The molecule has 19 heavy (non-hydrogen) atoms. The van der Waals surface area contributed by atoms with Crippen LogP contribution < -0.4 is 11.3 Å². The van der Waals surface area contributed by atoms with Gasteiger partial charge < -0.3 is 4.42 Å². The first-order chi connectivity index (χ1) is 9.10. The summed E-state index contributed by atoms with van der Waals surface area (Å²) in [5.41, 5.74) is 4.10. The van der Waals surface area contributed by atoms with Gasteiger partial charge in [-0.25, -0.2) is 5.84 Å².